The van der Waals surface area contributed by atoms with Crippen molar-refractivity contribution in [1.82, 2.24) is 9.97 Å². The molecule has 0 unspecified atom stereocenters. The zero-order valence-corrected chi connectivity index (χ0v) is 18.9. The lowest BCUT2D eigenvalue weighted by atomic mass is 9.90. The highest BCUT2D eigenvalue weighted by molar-refractivity contribution is 7.87. The zero-order chi connectivity index (χ0) is 22.6. The van der Waals surface area contributed by atoms with Crippen LogP contribution in [-0.2, 0) is 16.5 Å². The Hall–Kier alpha value is -3.13. The maximum absolute atomic E-state index is 13.0. The Morgan fingerprint density at radius 2 is 1.77 bits per heavy atom. The van der Waals surface area contributed by atoms with Crippen molar-refractivity contribution < 1.29 is 22.1 Å². The number of Topliss-reactive ketones (excluding diaryl/α,β-unsaturated/α-hetero) is 1. The van der Waals surface area contributed by atoms with Gasteiger partial charge in [-0.1, -0.05) is 17.7 Å². The maximum Gasteiger partial charge on any atom is 0.339 e. The van der Waals surface area contributed by atoms with Crippen LogP contribution in [0.1, 0.15) is 45.4 Å². The van der Waals surface area contributed by atoms with E-state index in [0.29, 0.717) is 16.9 Å². The van der Waals surface area contributed by atoms with Crippen LogP contribution < -0.4 is 8.92 Å². The number of aromatic nitrogens is 2. The molecular weight excluding hydrogens is 416 g/mol. The van der Waals surface area contributed by atoms with Gasteiger partial charge in [-0.3, -0.25) is 4.79 Å². The highest BCUT2D eigenvalue weighted by Gasteiger charge is 2.45. The van der Waals surface area contributed by atoms with Crippen LogP contribution in [0.2, 0.25) is 0 Å². The molecule has 0 bridgehead atoms. The lowest BCUT2D eigenvalue weighted by Crippen LogP contribution is -2.40. The van der Waals surface area contributed by atoms with E-state index in [4.69, 9.17) is 8.92 Å². The molecular formula is C23H24N2O5S. The van der Waals surface area contributed by atoms with Gasteiger partial charge < -0.3 is 13.9 Å². The molecule has 31 heavy (non-hydrogen) atoms. The summed E-state index contributed by atoms with van der Waals surface area (Å²) >= 11 is 0. The number of benzene rings is 2. The number of aromatic amines is 1. The van der Waals surface area contributed by atoms with E-state index in [-0.39, 0.29) is 28.7 Å². The molecule has 0 saturated carbocycles. The molecule has 3 aromatic rings. The average molecular weight is 441 g/mol. The first-order valence-electron chi connectivity index (χ1n) is 9.90. The molecule has 162 valence electrons. The summed E-state index contributed by atoms with van der Waals surface area (Å²) in [7, 11) is -4.01. The Labute approximate surface area is 181 Å². The van der Waals surface area contributed by atoms with Crippen LogP contribution in [0.5, 0.6) is 11.5 Å². The SMILES string of the molecule is Cc1ccc(S(=O)(=O)Oc2c(C)c(C)c3c(c2C)C[C@](C)(C(=O)c2ncc[nH]2)O3)cc1. The van der Waals surface area contributed by atoms with Crippen molar-refractivity contribution in [2.24, 2.45) is 0 Å². The molecule has 2 aromatic carbocycles. The second-order valence-electron chi connectivity index (χ2n) is 8.14. The number of fused-ring (bicyclic) bond motifs is 1. The van der Waals surface area contributed by atoms with Crippen LogP contribution in [0.25, 0.3) is 0 Å². The van der Waals surface area contributed by atoms with Crippen molar-refractivity contribution in [3.63, 3.8) is 0 Å². The second kappa shape index (κ2) is 7.23. The Balaban J connectivity index is 1.74. The summed E-state index contributed by atoms with van der Waals surface area (Å²) in [6, 6.07) is 6.50. The molecule has 1 atom stereocenters. The van der Waals surface area contributed by atoms with Gasteiger partial charge >= 0.3 is 10.1 Å². The third kappa shape index (κ3) is 3.50. The van der Waals surface area contributed by atoms with Crippen molar-refractivity contribution in [3.05, 3.63) is 70.3 Å². The minimum atomic E-state index is -4.01. The number of ether oxygens (including phenoxy) is 1. The molecule has 4 rings (SSSR count). The molecule has 1 N–H and O–H groups in total. The summed E-state index contributed by atoms with van der Waals surface area (Å²) < 4.78 is 37.6. The number of nitrogens with one attached hydrogen (secondary N) is 1. The summed E-state index contributed by atoms with van der Waals surface area (Å²) in [5.74, 6) is 0.827. The van der Waals surface area contributed by atoms with Gasteiger partial charge in [0, 0.05) is 29.9 Å². The van der Waals surface area contributed by atoms with E-state index in [0.717, 1.165) is 16.7 Å². The van der Waals surface area contributed by atoms with Crippen molar-refractivity contribution in [2.75, 3.05) is 0 Å². The van der Waals surface area contributed by atoms with E-state index in [2.05, 4.69) is 9.97 Å². The highest BCUT2D eigenvalue weighted by atomic mass is 32.2. The lowest BCUT2D eigenvalue weighted by molar-refractivity contribution is 0.0586. The molecule has 7 nitrogen and oxygen atoms in total. The Morgan fingerprint density at radius 3 is 2.39 bits per heavy atom. The third-order valence-corrected chi connectivity index (χ3v) is 7.08. The molecule has 0 saturated heterocycles. The smallest absolute Gasteiger partial charge is 0.339 e. The molecule has 0 fully saturated rings. The van der Waals surface area contributed by atoms with E-state index in [1.165, 1.54) is 18.3 Å². The molecule has 0 amide bonds. The first-order chi connectivity index (χ1) is 14.5. The van der Waals surface area contributed by atoms with Crippen molar-refractivity contribution in [2.45, 2.75) is 51.5 Å². The number of ketones is 1. The molecule has 8 heteroatoms. The van der Waals surface area contributed by atoms with Crippen LogP contribution in [0.3, 0.4) is 0 Å². The fourth-order valence-corrected chi connectivity index (χ4v) is 4.89. The van der Waals surface area contributed by atoms with Gasteiger partial charge in [0.2, 0.25) is 5.78 Å². The first-order valence-corrected chi connectivity index (χ1v) is 11.3. The third-order valence-electron chi connectivity index (χ3n) is 5.85. The zero-order valence-electron chi connectivity index (χ0n) is 18.1. The topological polar surface area (TPSA) is 98.4 Å². The van der Waals surface area contributed by atoms with Gasteiger partial charge in [-0.15, -0.1) is 0 Å². The van der Waals surface area contributed by atoms with Crippen LogP contribution in [-0.4, -0.2) is 29.8 Å². The minimum absolute atomic E-state index is 0.0872. The molecule has 2 heterocycles. The molecule has 1 aliphatic heterocycles. The van der Waals surface area contributed by atoms with E-state index in [9.17, 15) is 13.2 Å². The van der Waals surface area contributed by atoms with Crippen molar-refractivity contribution >= 4 is 15.9 Å². The largest absolute Gasteiger partial charge is 0.478 e. The second-order valence-corrected chi connectivity index (χ2v) is 9.69. The number of hydrogen-bond donors (Lipinski definition) is 1. The quantitative estimate of drug-likeness (QED) is 0.476. The van der Waals surface area contributed by atoms with Gasteiger partial charge in [0.25, 0.3) is 0 Å². The highest BCUT2D eigenvalue weighted by Crippen LogP contribution is 2.46. The van der Waals surface area contributed by atoms with E-state index < -0.39 is 15.7 Å². The normalized spacial score (nSPS) is 17.8. The fraction of sp³-hybridized carbons (Fsp3) is 0.304. The van der Waals surface area contributed by atoms with Crippen LogP contribution in [0.4, 0.5) is 0 Å². The summed E-state index contributed by atoms with van der Waals surface area (Å²) in [5.41, 5.74) is 2.62. The van der Waals surface area contributed by atoms with Gasteiger partial charge in [0.05, 0.1) is 0 Å². The van der Waals surface area contributed by atoms with Crippen molar-refractivity contribution in [1.29, 1.82) is 0 Å². The Morgan fingerprint density at radius 1 is 1.10 bits per heavy atom. The molecule has 1 aromatic heterocycles. The average Bonchev–Trinajstić information content (AvgIpc) is 3.38. The van der Waals surface area contributed by atoms with Crippen LogP contribution in [0.15, 0.2) is 41.6 Å². The van der Waals surface area contributed by atoms with Crippen LogP contribution in [0, 0.1) is 27.7 Å². The first kappa shape index (κ1) is 21.1. The molecule has 0 aliphatic carbocycles. The van der Waals surface area contributed by atoms with Gasteiger partial charge in [-0.25, -0.2) is 4.98 Å². The molecule has 0 spiro atoms. The number of imidazole rings is 1. The van der Waals surface area contributed by atoms with Gasteiger partial charge in [0.15, 0.2) is 11.4 Å². The van der Waals surface area contributed by atoms with E-state index in [1.54, 1.807) is 39.1 Å². The van der Waals surface area contributed by atoms with Gasteiger partial charge in [-0.05, 0) is 57.9 Å². The van der Waals surface area contributed by atoms with Gasteiger partial charge in [-0.2, -0.15) is 8.42 Å². The standard InChI is InChI=1S/C23H24N2O5S/c1-13-6-8-17(9-7-13)31(27,28)30-19-14(2)15(3)20-18(16(19)4)12-23(5,29-20)21(26)22-24-10-11-25-22/h6-11H,12H2,1-5H3,(H,24,25)/t23-/m1/s1. The monoisotopic (exact) mass is 440 g/mol. The summed E-state index contributed by atoms with van der Waals surface area (Å²) in [6.45, 7) is 9.02. The van der Waals surface area contributed by atoms with Gasteiger partial charge in [0.1, 0.15) is 16.4 Å². The number of rotatable bonds is 5. The lowest BCUT2D eigenvalue weighted by Gasteiger charge is -2.21. The number of carbonyl (C=O) groups excluding carboxylic acids is 1. The number of hydrogen-bond acceptors (Lipinski definition) is 6. The Kier molecular flexibility index (Phi) is 4.93. The number of carbonyl (C=O) groups is 1. The summed E-state index contributed by atoms with van der Waals surface area (Å²) in [6.07, 6.45) is 3.39. The Bertz CT molecular complexity index is 1280. The van der Waals surface area contributed by atoms with Crippen molar-refractivity contribution in [3.8, 4) is 11.5 Å². The van der Waals surface area contributed by atoms with Crippen LogP contribution >= 0.6 is 0 Å². The molecule has 0 radical (unpaired) electrons. The number of H-pyrrole nitrogens is 1. The molecule has 1 aliphatic rings. The number of aryl methyl sites for hydroxylation is 1. The predicted octanol–water partition coefficient (Wildman–Crippen LogP) is 3.99. The van der Waals surface area contributed by atoms with E-state index in [1.807, 2.05) is 13.8 Å². The summed E-state index contributed by atoms with van der Waals surface area (Å²) in [5, 5.41) is 0. The van der Waals surface area contributed by atoms with E-state index >= 15 is 0 Å². The predicted molar refractivity (Wildman–Crippen MR) is 115 cm³/mol. The minimum Gasteiger partial charge on any atom is -0.478 e. The fourth-order valence-electron chi connectivity index (χ4n) is 3.86. The number of nitrogens with zero attached hydrogens (tertiary/aromatic N) is 1. The maximum atomic E-state index is 13.0. The summed E-state index contributed by atoms with van der Waals surface area (Å²) in [4.78, 5) is 19.9.